The minimum atomic E-state index is -3.40. The van der Waals surface area contributed by atoms with Gasteiger partial charge in [0.15, 0.2) is 0 Å². The van der Waals surface area contributed by atoms with E-state index < -0.39 is 10.2 Å². The molecule has 0 amide bonds. The minimum absolute atomic E-state index is 0.0828. The molecular formula is C11H24N2O3S. The normalized spacial score (nSPS) is 23.9. The SMILES string of the molecule is CCN(CC)S(=O)(=O)N1CCCCCC1CO. The number of nitrogens with zero attached hydrogens (tertiary/aromatic N) is 2. The lowest BCUT2D eigenvalue weighted by atomic mass is 10.1. The first-order chi connectivity index (χ1) is 8.07. The van der Waals surface area contributed by atoms with Gasteiger partial charge in [-0.25, -0.2) is 0 Å². The van der Waals surface area contributed by atoms with Gasteiger partial charge < -0.3 is 5.11 Å². The highest BCUT2D eigenvalue weighted by molar-refractivity contribution is 7.86. The standard InChI is InChI=1S/C11H24N2O3S/c1-3-12(4-2)17(15,16)13-9-7-5-6-8-11(13)10-14/h11,14H,3-10H2,1-2H3. The van der Waals surface area contributed by atoms with Gasteiger partial charge in [0.05, 0.1) is 6.61 Å². The average Bonchev–Trinajstić information content (AvgIpc) is 2.55. The zero-order valence-corrected chi connectivity index (χ0v) is 11.6. The maximum absolute atomic E-state index is 12.4. The van der Waals surface area contributed by atoms with Gasteiger partial charge in [-0.3, -0.25) is 0 Å². The van der Waals surface area contributed by atoms with Gasteiger partial charge in [0.25, 0.3) is 10.2 Å². The zero-order chi connectivity index (χ0) is 12.9. The summed E-state index contributed by atoms with van der Waals surface area (Å²) in [6.07, 6.45) is 3.68. The molecule has 1 fully saturated rings. The van der Waals surface area contributed by atoms with E-state index in [4.69, 9.17) is 0 Å². The van der Waals surface area contributed by atoms with Crippen LogP contribution in [0.5, 0.6) is 0 Å². The van der Waals surface area contributed by atoms with Crippen LogP contribution in [0.3, 0.4) is 0 Å². The van der Waals surface area contributed by atoms with Crippen LogP contribution < -0.4 is 0 Å². The quantitative estimate of drug-likeness (QED) is 0.799. The van der Waals surface area contributed by atoms with Crippen LogP contribution in [-0.4, -0.2) is 54.4 Å². The van der Waals surface area contributed by atoms with Crippen molar-refractivity contribution in [2.45, 2.75) is 45.6 Å². The lowest BCUT2D eigenvalue weighted by molar-refractivity contribution is 0.179. The van der Waals surface area contributed by atoms with E-state index in [-0.39, 0.29) is 12.6 Å². The molecule has 5 nitrogen and oxygen atoms in total. The Bertz CT molecular complexity index is 315. The minimum Gasteiger partial charge on any atom is -0.395 e. The molecular weight excluding hydrogens is 240 g/mol. The van der Waals surface area contributed by atoms with Crippen LogP contribution in [-0.2, 0) is 10.2 Å². The number of rotatable bonds is 5. The molecule has 0 bridgehead atoms. The third kappa shape index (κ3) is 3.40. The van der Waals surface area contributed by atoms with Crippen LogP contribution in [0.1, 0.15) is 39.5 Å². The highest BCUT2D eigenvalue weighted by atomic mass is 32.2. The molecule has 6 heteroatoms. The van der Waals surface area contributed by atoms with E-state index in [1.54, 1.807) is 0 Å². The molecule has 1 aliphatic heterocycles. The predicted molar refractivity (Wildman–Crippen MR) is 67.9 cm³/mol. The zero-order valence-electron chi connectivity index (χ0n) is 10.8. The summed E-state index contributed by atoms with van der Waals surface area (Å²) in [6, 6.07) is -0.247. The summed E-state index contributed by atoms with van der Waals surface area (Å²) in [5, 5.41) is 9.35. The third-order valence-electron chi connectivity index (χ3n) is 3.36. The summed E-state index contributed by atoms with van der Waals surface area (Å²) in [4.78, 5) is 0. The van der Waals surface area contributed by atoms with Crippen molar-refractivity contribution in [2.75, 3.05) is 26.2 Å². The van der Waals surface area contributed by atoms with Crippen molar-refractivity contribution >= 4 is 10.2 Å². The summed E-state index contributed by atoms with van der Waals surface area (Å²) in [6.45, 7) is 5.09. The molecule has 0 saturated carbocycles. The Morgan fingerprint density at radius 2 is 1.88 bits per heavy atom. The fourth-order valence-electron chi connectivity index (χ4n) is 2.34. The summed E-state index contributed by atoms with van der Waals surface area (Å²) in [7, 11) is -3.40. The van der Waals surface area contributed by atoms with Gasteiger partial charge in [-0.05, 0) is 12.8 Å². The first-order valence-electron chi connectivity index (χ1n) is 6.45. The van der Waals surface area contributed by atoms with Gasteiger partial charge in [0.1, 0.15) is 0 Å². The Morgan fingerprint density at radius 3 is 2.41 bits per heavy atom. The van der Waals surface area contributed by atoms with Crippen LogP contribution >= 0.6 is 0 Å². The second-order valence-electron chi connectivity index (χ2n) is 4.39. The smallest absolute Gasteiger partial charge is 0.282 e. The van der Waals surface area contributed by atoms with Crippen molar-refractivity contribution in [2.24, 2.45) is 0 Å². The van der Waals surface area contributed by atoms with Crippen molar-refractivity contribution < 1.29 is 13.5 Å². The number of aliphatic hydroxyl groups is 1. The number of hydrogen-bond donors (Lipinski definition) is 1. The molecule has 17 heavy (non-hydrogen) atoms. The highest BCUT2D eigenvalue weighted by Crippen LogP contribution is 2.21. The third-order valence-corrected chi connectivity index (χ3v) is 5.60. The second-order valence-corrected chi connectivity index (χ2v) is 6.27. The van der Waals surface area contributed by atoms with Crippen LogP contribution in [0.15, 0.2) is 0 Å². The molecule has 102 valence electrons. The average molecular weight is 264 g/mol. The van der Waals surface area contributed by atoms with Crippen molar-refractivity contribution in [3.05, 3.63) is 0 Å². The molecule has 0 aromatic carbocycles. The Hall–Kier alpha value is -0.170. The van der Waals surface area contributed by atoms with E-state index in [9.17, 15) is 13.5 Å². The van der Waals surface area contributed by atoms with E-state index in [1.165, 1.54) is 8.61 Å². The van der Waals surface area contributed by atoms with Crippen molar-refractivity contribution in [1.29, 1.82) is 0 Å². The van der Waals surface area contributed by atoms with E-state index in [1.807, 2.05) is 13.8 Å². The van der Waals surface area contributed by atoms with E-state index >= 15 is 0 Å². The van der Waals surface area contributed by atoms with Crippen LogP contribution in [0.4, 0.5) is 0 Å². The van der Waals surface area contributed by atoms with Crippen molar-refractivity contribution in [3.8, 4) is 0 Å². The Morgan fingerprint density at radius 1 is 1.24 bits per heavy atom. The first-order valence-corrected chi connectivity index (χ1v) is 7.85. The fraction of sp³-hybridized carbons (Fsp3) is 1.00. The Balaban J connectivity index is 2.92. The van der Waals surface area contributed by atoms with Gasteiger partial charge in [-0.2, -0.15) is 17.0 Å². The van der Waals surface area contributed by atoms with E-state index in [0.29, 0.717) is 19.6 Å². The molecule has 1 atom stereocenters. The van der Waals surface area contributed by atoms with Crippen LogP contribution in [0.25, 0.3) is 0 Å². The second kappa shape index (κ2) is 6.68. The van der Waals surface area contributed by atoms with Gasteiger partial charge in [0, 0.05) is 25.7 Å². The van der Waals surface area contributed by atoms with E-state index in [2.05, 4.69) is 0 Å². The molecule has 0 aliphatic carbocycles. The van der Waals surface area contributed by atoms with Gasteiger partial charge in [0.2, 0.25) is 0 Å². The molecule has 1 unspecified atom stereocenters. The lowest BCUT2D eigenvalue weighted by Gasteiger charge is -2.32. The highest BCUT2D eigenvalue weighted by Gasteiger charge is 2.33. The monoisotopic (exact) mass is 264 g/mol. The molecule has 0 aromatic heterocycles. The molecule has 0 spiro atoms. The molecule has 1 N–H and O–H groups in total. The maximum Gasteiger partial charge on any atom is 0.282 e. The molecule has 0 aromatic rings. The van der Waals surface area contributed by atoms with Crippen LogP contribution in [0, 0.1) is 0 Å². The van der Waals surface area contributed by atoms with Crippen molar-refractivity contribution in [3.63, 3.8) is 0 Å². The Kier molecular flexibility index (Phi) is 5.85. The fourth-order valence-corrected chi connectivity index (χ4v) is 4.19. The topological polar surface area (TPSA) is 60.9 Å². The summed E-state index contributed by atoms with van der Waals surface area (Å²) in [5.41, 5.74) is 0. The predicted octanol–water partition coefficient (Wildman–Crippen LogP) is 0.810. The van der Waals surface area contributed by atoms with Gasteiger partial charge in [-0.1, -0.05) is 26.7 Å². The molecule has 1 aliphatic rings. The molecule has 1 heterocycles. The first kappa shape index (κ1) is 14.9. The summed E-state index contributed by atoms with van der Waals surface area (Å²) in [5.74, 6) is 0. The molecule has 1 rings (SSSR count). The summed E-state index contributed by atoms with van der Waals surface area (Å²) >= 11 is 0. The van der Waals surface area contributed by atoms with Gasteiger partial charge >= 0.3 is 0 Å². The number of hydrogen-bond acceptors (Lipinski definition) is 3. The maximum atomic E-state index is 12.4. The van der Waals surface area contributed by atoms with E-state index in [0.717, 1.165) is 25.7 Å². The largest absolute Gasteiger partial charge is 0.395 e. The molecule has 1 saturated heterocycles. The summed E-state index contributed by atoms with van der Waals surface area (Å²) < 4.78 is 27.8. The van der Waals surface area contributed by atoms with Crippen LogP contribution in [0.2, 0.25) is 0 Å². The van der Waals surface area contributed by atoms with Gasteiger partial charge in [-0.15, -0.1) is 0 Å². The molecule has 0 radical (unpaired) electrons. The Labute approximate surface area is 105 Å². The number of aliphatic hydroxyl groups excluding tert-OH is 1. The van der Waals surface area contributed by atoms with Crippen molar-refractivity contribution in [1.82, 2.24) is 8.61 Å². The lowest BCUT2D eigenvalue weighted by Crippen LogP contribution is -2.49.